The van der Waals surface area contributed by atoms with Crippen LogP contribution in [0.5, 0.6) is 0 Å². The number of aryl methyl sites for hydroxylation is 1. The number of hydrogen-bond acceptors (Lipinski definition) is 2. The summed E-state index contributed by atoms with van der Waals surface area (Å²) in [6.45, 7) is 2.01. The van der Waals surface area contributed by atoms with Gasteiger partial charge in [0.2, 0.25) is 5.91 Å². The summed E-state index contributed by atoms with van der Waals surface area (Å²) in [5, 5.41) is 12.7. The number of carboxylic acid groups (broad SMARTS) is 1. The lowest BCUT2D eigenvalue weighted by Gasteiger charge is -2.46. The number of carbonyl (C=O) groups excluding carboxylic acids is 1. The van der Waals surface area contributed by atoms with E-state index in [-0.39, 0.29) is 29.7 Å². The quantitative estimate of drug-likeness (QED) is 0.842. The Kier molecular flexibility index (Phi) is 5.22. The Bertz CT molecular complexity index is 578. The molecule has 3 fully saturated rings. The summed E-state index contributed by atoms with van der Waals surface area (Å²) < 4.78 is 0. The fraction of sp³-hybridized carbons (Fsp3) is 0.600. The second-order valence-corrected chi connectivity index (χ2v) is 7.50. The van der Waals surface area contributed by atoms with Crippen molar-refractivity contribution < 1.29 is 14.7 Å². The normalized spacial score (nSPS) is 29.9. The average molecular weight is 329 g/mol. The fourth-order valence-corrected chi connectivity index (χ4v) is 4.62. The van der Waals surface area contributed by atoms with Crippen LogP contribution in [0.15, 0.2) is 30.3 Å². The zero-order chi connectivity index (χ0) is 17.1. The lowest BCUT2D eigenvalue weighted by atomic mass is 9.58. The van der Waals surface area contributed by atoms with Crippen molar-refractivity contribution in [3.63, 3.8) is 0 Å². The van der Waals surface area contributed by atoms with Gasteiger partial charge in [-0.3, -0.25) is 9.59 Å². The van der Waals surface area contributed by atoms with Crippen LogP contribution in [0.2, 0.25) is 0 Å². The van der Waals surface area contributed by atoms with E-state index in [9.17, 15) is 14.7 Å². The van der Waals surface area contributed by atoms with E-state index in [2.05, 4.69) is 17.4 Å². The summed E-state index contributed by atoms with van der Waals surface area (Å²) in [5.74, 6) is -1.23. The van der Waals surface area contributed by atoms with E-state index < -0.39 is 11.9 Å². The Balaban J connectivity index is 1.58. The van der Waals surface area contributed by atoms with E-state index in [0.717, 1.165) is 38.5 Å². The molecule has 0 unspecified atom stereocenters. The van der Waals surface area contributed by atoms with E-state index in [1.807, 2.05) is 25.1 Å². The first-order chi connectivity index (χ1) is 11.6. The maximum absolute atomic E-state index is 12.8. The molecule has 1 amide bonds. The highest BCUT2D eigenvalue weighted by molar-refractivity contribution is 5.85. The molecule has 0 aliphatic heterocycles. The van der Waals surface area contributed by atoms with Crippen LogP contribution in [-0.2, 0) is 16.0 Å². The number of carbonyl (C=O) groups is 2. The van der Waals surface area contributed by atoms with Crippen LogP contribution in [0, 0.1) is 23.7 Å². The molecule has 4 nitrogen and oxygen atoms in total. The lowest BCUT2D eigenvalue weighted by molar-refractivity contribution is -0.158. The number of rotatable bonds is 6. The third kappa shape index (κ3) is 3.63. The predicted molar refractivity (Wildman–Crippen MR) is 92.4 cm³/mol. The van der Waals surface area contributed by atoms with Crippen LogP contribution in [-0.4, -0.2) is 23.0 Å². The van der Waals surface area contributed by atoms with E-state index in [1.54, 1.807) is 0 Å². The molecule has 3 aliphatic rings. The highest BCUT2D eigenvalue weighted by atomic mass is 16.4. The van der Waals surface area contributed by atoms with Gasteiger partial charge in [-0.2, -0.15) is 0 Å². The van der Waals surface area contributed by atoms with E-state index in [4.69, 9.17) is 0 Å². The van der Waals surface area contributed by atoms with Gasteiger partial charge in [0.25, 0.3) is 0 Å². The highest BCUT2D eigenvalue weighted by Crippen LogP contribution is 2.49. The molecule has 3 saturated carbocycles. The van der Waals surface area contributed by atoms with Crippen LogP contribution in [0.3, 0.4) is 0 Å². The third-order valence-electron chi connectivity index (χ3n) is 5.90. The van der Waals surface area contributed by atoms with Gasteiger partial charge in [0.05, 0.1) is 11.8 Å². The van der Waals surface area contributed by atoms with Crippen molar-refractivity contribution in [2.45, 2.75) is 51.5 Å². The summed E-state index contributed by atoms with van der Waals surface area (Å²) in [6, 6.07) is 10.3. The molecule has 4 rings (SSSR count). The van der Waals surface area contributed by atoms with Gasteiger partial charge >= 0.3 is 5.97 Å². The SMILES string of the molecule is C[C@@H](CCc1ccccc1)NC(=O)[C@H]1C2CCC(CC2)[C@@H]1C(=O)O. The Morgan fingerprint density at radius 1 is 1.08 bits per heavy atom. The van der Waals surface area contributed by atoms with Crippen LogP contribution in [0.25, 0.3) is 0 Å². The average Bonchev–Trinajstić information content (AvgIpc) is 2.61. The molecule has 2 N–H and O–H groups in total. The minimum atomic E-state index is -0.790. The maximum Gasteiger partial charge on any atom is 0.307 e. The Hall–Kier alpha value is -1.84. The van der Waals surface area contributed by atoms with Crippen molar-refractivity contribution in [2.75, 3.05) is 0 Å². The van der Waals surface area contributed by atoms with Gasteiger partial charge in [0.1, 0.15) is 0 Å². The zero-order valence-corrected chi connectivity index (χ0v) is 14.3. The molecule has 4 heteroatoms. The van der Waals surface area contributed by atoms with E-state index in [0.29, 0.717) is 0 Å². The predicted octanol–water partition coefficient (Wildman–Crippen LogP) is 3.26. The molecule has 2 bridgehead atoms. The number of aliphatic carboxylic acids is 1. The highest BCUT2D eigenvalue weighted by Gasteiger charge is 2.50. The van der Waals surface area contributed by atoms with E-state index in [1.165, 1.54) is 5.56 Å². The molecule has 130 valence electrons. The Morgan fingerprint density at radius 2 is 1.67 bits per heavy atom. The fourth-order valence-electron chi connectivity index (χ4n) is 4.62. The summed E-state index contributed by atoms with van der Waals surface area (Å²) in [7, 11) is 0. The summed E-state index contributed by atoms with van der Waals surface area (Å²) in [5.41, 5.74) is 1.26. The second kappa shape index (κ2) is 7.37. The summed E-state index contributed by atoms with van der Waals surface area (Å²) >= 11 is 0. The third-order valence-corrected chi connectivity index (χ3v) is 5.90. The monoisotopic (exact) mass is 329 g/mol. The number of carboxylic acids is 1. The molecule has 0 radical (unpaired) electrons. The Labute approximate surface area is 143 Å². The smallest absolute Gasteiger partial charge is 0.307 e. The minimum absolute atomic E-state index is 0.0441. The molecule has 3 aliphatic carbocycles. The largest absolute Gasteiger partial charge is 0.481 e. The van der Waals surface area contributed by atoms with Crippen molar-refractivity contribution in [2.24, 2.45) is 23.7 Å². The van der Waals surface area contributed by atoms with E-state index >= 15 is 0 Å². The number of nitrogens with one attached hydrogen (secondary N) is 1. The molecule has 0 saturated heterocycles. The first-order valence-corrected chi connectivity index (χ1v) is 9.13. The molecule has 1 aromatic rings. The molecule has 0 heterocycles. The molecule has 24 heavy (non-hydrogen) atoms. The van der Waals surface area contributed by atoms with Crippen molar-refractivity contribution in [1.29, 1.82) is 0 Å². The zero-order valence-electron chi connectivity index (χ0n) is 14.3. The van der Waals surface area contributed by atoms with Gasteiger partial charge in [-0.25, -0.2) is 0 Å². The van der Waals surface area contributed by atoms with Crippen molar-refractivity contribution in [1.82, 2.24) is 5.32 Å². The summed E-state index contributed by atoms with van der Waals surface area (Å²) in [4.78, 5) is 24.4. The number of hydrogen-bond donors (Lipinski definition) is 2. The van der Waals surface area contributed by atoms with Gasteiger partial charge in [-0.15, -0.1) is 0 Å². The van der Waals surface area contributed by atoms with Crippen LogP contribution in [0.1, 0.15) is 44.6 Å². The molecular formula is C20H27NO3. The lowest BCUT2D eigenvalue weighted by Crippen LogP contribution is -2.52. The van der Waals surface area contributed by atoms with Gasteiger partial charge in [0, 0.05) is 6.04 Å². The molecule has 0 aromatic heterocycles. The number of benzene rings is 1. The van der Waals surface area contributed by atoms with Crippen LogP contribution >= 0.6 is 0 Å². The van der Waals surface area contributed by atoms with Gasteiger partial charge in [-0.1, -0.05) is 30.3 Å². The maximum atomic E-state index is 12.8. The second-order valence-electron chi connectivity index (χ2n) is 7.50. The van der Waals surface area contributed by atoms with Gasteiger partial charge in [0.15, 0.2) is 0 Å². The van der Waals surface area contributed by atoms with Crippen LogP contribution < -0.4 is 5.32 Å². The Morgan fingerprint density at radius 3 is 2.25 bits per heavy atom. The van der Waals surface area contributed by atoms with Crippen molar-refractivity contribution >= 4 is 11.9 Å². The first-order valence-electron chi connectivity index (χ1n) is 9.13. The van der Waals surface area contributed by atoms with Crippen molar-refractivity contribution in [3.8, 4) is 0 Å². The number of fused-ring (bicyclic) bond motifs is 3. The molecule has 1 aromatic carbocycles. The number of amides is 1. The standard InChI is InChI=1S/C20H27NO3/c1-13(7-8-14-5-3-2-4-6-14)21-19(22)17-15-9-11-16(12-10-15)18(17)20(23)24/h2-6,13,15-18H,7-12H2,1H3,(H,21,22)(H,23,24)/t13-,15?,16?,17-,18-/m0/s1. The van der Waals surface area contributed by atoms with Gasteiger partial charge < -0.3 is 10.4 Å². The summed E-state index contributed by atoms with van der Waals surface area (Å²) in [6.07, 6.45) is 5.73. The topological polar surface area (TPSA) is 66.4 Å². The first kappa shape index (κ1) is 17.0. The van der Waals surface area contributed by atoms with Gasteiger partial charge in [-0.05, 0) is 62.8 Å². The molecule has 0 spiro atoms. The molecule has 3 atom stereocenters. The van der Waals surface area contributed by atoms with Crippen LogP contribution in [0.4, 0.5) is 0 Å². The van der Waals surface area contributed by atoms with Crippen molar-refractivity contribution in [3.05, 3.63) is 35.9 Å². The minimum Gasteiger partial charge on any atom is -0.481 e. The molecular weight excluding hydrogens is 302 g/mol.